The third-order valence-corrected chi connectivity index (χ3v) is 4.45. The first-order valence-corrected chi connectivity index (χ1v) is 8.42. The molecule has 0 amide bonds. The lowest BCUT2D eigenvalue weighted by Crippen LogP contribution is -2.05. The standard InChI is InChI=1S/C9H11Cl2NO2S2/c1-16(13,14)5-4-15-6-8-7(10)2-3-9(11)12-8/h2-3H,4-6H2,1H3. The molecule has 0 saturated carbocycles. The summed E-state index contributed by atoms with van der Waals surface area (Å²) < 4.78 is 21.8. The molecule has 0 aliphatic carbocycles. The maximum Gasteiger partial charge on any atom is 0.148 e. The molecule has 3 nitrogen and oxygen atoms in total. The van der Waals surface area contributed by atoms with Gasteiger partial charge in [-0.15, -0.1) is 0 Å². The fourth-order valence-corrected chi connectivity index (χ4v) is 3.59. The van der Waals surface area contributed by atoms with E-state index < -0.39 is 9.84 Å². The highest BCUT2D eigenvalue weighted by Crippen LogP contribution is 2.21. The molecule has 1 aromatic rings. The summed E-state index contributed by atoms with van der Waals surface area (Å²) in [5.41, 5.74) is 0.688. The van der Waals surface area contributed by atoms with Crippen molar-refractivity contribution in [2.45, 2.75) is 5.75 Å². The third kappa shape index (κ3) is 5.39. The second kappa shape index (κ2) is 6.10. The van der Waals surface area contributed by atoms with Crippen molar-refractivity contribution >= 4 is 44.8 Å². The van der Waals surface area contributed by atoms with E-state index >= 15 is 0 Å². The summed E-state index contributed by atoms with van der Waals surface area (Å²) in [7, 11) is -2.90. The van der Waals surface area contributed by atoms with Crippen molar-refractivity contribution in [2.75, 3.05) is 17.8 Å². The van der Waals surface area contributed by atoms with Gasteiger partial charge in [0.2, 0.25) is 0 Å². The Balaban J connectivity index is 2.46. The van der Waals surface area contributed by atoms with E-state index in [-0.39, 0.29) is 5.75 Å². The third-order valence-electron chi connectivity index (χ3n) is 1.72. The quantitative estimate of drug-likeness (QED) is 0.619. The van der Waals surface area contributed by atoms with Crippen LogP contribution in [-0.2, 0) is 15.6 Å². The van der Waals surface area contributed by atoms with Gasteiger partial charge in [-0.05, 0) is 12.1 Å². The number of nitrogens with zero attached hydrogens (tertiary/aromatic N) is 1. The molecule has 1 rings (SSSR count). The van der Waals surface area contributed by atoms with Gasteiger partial charge in [-0.3, -0.25) is 0 Å². The lowest BCUT2D eigenvalue weighted by atomic mass is 10.4. The number of halogens is 2. The van der Waals surface area contributed by atoms with Crippen LogP contribution in [0, 0.1) is 0 Å². The van der Waals surface area contributed by atoms with E-state index in [2.05, 4.69) is 4.98 Å². The number of aromatic nitrogens is 1. The molecule has 1 heterocycles. The first-order chi connectivity index (χ1) is 7.38. The molecule has 0 aliphatic rings. The van der Waals surface area contributed by atoms with Crippen molar-refractivity contribution in [1.29, 1.82) is 0 Å². The zero-order valence-electron chi connectivity index (χ0n) is 8.61. The van der Waals surface area contributed by atoms with Gasteiger partial charge in [0.25, 0.3) is 0 Å². The first kappa shape index (κ1) is 14.1. The minimum Gasteiger partial charge on any atom is -0.239 e. The average Bonchev–Trinajstić information content (AvgIpc) is 2.16. The number of rotatable bonds is 5. The van der Waals surface area contributed by atoms with E-state index in [0.717, 1.165) is 0 Å². The minimum atomic E-state index is -2.90. The van der Waals surface area contributed by atoms with Crippen LogP contribution in [0.3, 0.4) is 0 Å². The Morgan fingerprint density at radius 3 is 2.69 bits per heavy atom. The van der Waals surface area contributed by atoms with Crippen molar-refractivity contribution in [2.24, 2.45) is 0 Å². The molecule has 0 bridgehead atoms. The van der Waals surface area contributed by atoms with Gasteiger partial charge >= 0.3 is 0 Å². The van der Waals surface area contributed by atoms with Crippen molar-refractivity contribution in [3.05, 3.63) is 28.0 Å². The van der Waals surface area contributed by atoms with E-state index in [1.165, 1.54) is 18.0 Å². The average molecular weight is 300 g/mol. The molecule has 0 radical (unpaired) electrons. The Morgan fingerprint density at radius 2 is 2.06 bits per heavy atom. The fourth-order valence-electron chi connectivity index (χ4n) is 0.938. The first-order valence-electron chi connectivity index (χ1n) is 4.45. The minimum absolute atomic E-state index is 0.163. The summed E-state index contributed by atoms with van der Waals surface area (Å²) in [5.74, 6) is 1.26. The fraction of sp³-hybridized carbons (Fsp3) is 0.444. The largest absolute Gasteiger partial charge is 0.239 e. The smallest absolute Gasteiger partial charge is 0.148 e. The Bertz CT molecular complexity index is 463. The van der Waals surface area contributed by atoms with Gasteiger partial charge in [0, 0.05) is 17.8 Å². The van der Waals surface area contributed by atoms with Gasteiger partial charge < -0.3 is 0 Å². The summed E-state index contributed by atoms with van der Waals surface area (Å²) in [6.07, 6.45) is 1.22. The monoisotopic (exact) mass is 299 g/mol. The van der Waals surface area contributed by atoms with Gasteiger partial charge in [-0.25, -0.2) is 13.4 Å². The molecule has 0 aliphatic heterocycles. The van der Waals surface area contributed by atoms with Crippen molar-refractivity contribution in [3.63, 3.8) is 0 Å². The number of hydrogen-bond donors (Lipinski definition) is 0. The second-order valence-corrected chi connectivity index (χ2v) is 7.40. The molecular weight excluding hydrogens is 289 g/mol. The van der Waals surface area contributed by atoms with E-state index in [4.69, 9.17) is 23.2 Å². The maximum absolute atomic E-state index is 10.9. The van der Waals surface area contributed by atoms with E-state index in [9.17, 15) is 8.42 Å². The van der Waals surface area contributed by atoms with Crippen LogP contribution in [0.4, 0.5) is 0 Å². The number of hydrogen-bond acceptors (Lipinski definition) is 4. The van der Waals surface area contributed by atoms with Crippen molar-refractivity contribution in [3.8, 4) is 0 Å². The highest BCUT2D eigenvalue weighted by atomic mass is 35.5. The summed E-state index contributed by atoms with van der Waals surface area (Å²) in [4.78, 5) is 4.07. The molecule has 0 spiro atoms. The lowest BCUT2D eigenvalue weighted by molar-refractivity contribution is 0.603. The summed E-state index contributed by atoms with van der Waals surface area (Å²) in [5, 5.41) is 0.944. The molecular formula is C9H11Cl2NO2S2. The Hall–Kier alpha value is 0.0300. The highest BCUT2D eigenvalue weighted by molar-refractivity contribution is 7.99. The molecule has 0 N–H and O–H groups in total. The van der Waals surface area contributed by atoms with E-state index in [1.807, 2.05) is 0 Å². The molecule has 0 unspecified atom stereocenters. The van der Waals surface area contributed by atoms with Crippen LogP contribution in [0.25, 0.3) is 0 Å². The molecule has 1 aromatic heterocycles. The van der Waals surface area contributed by atoms with Gasteiger partial charge in [0.05, 0.1) is 16.5 Å². The molecule has 90 valence electrons. The zero-order chi connectivity index (χ0) is 12.2. The van der Waals surface area contributed by atoms with Crippen LogP contribution < -0.4 is 0 Å². The molecule has 0 aromatic carbocycles. The molecule has 16 heavy (non-hydrogen) atoms. The molecule has 0 atom stereocenters. The van der Waals surface area contributed by atoms with Gasteiger partial charge in [0.15, 0.2) is 0 Å². The van der Waals surface area contributed by atoms with Crippen molar-refractivity contribution in [1.82, 2.24) is 4.98 Å². The lowest BCUT2D eigenvalue weighted by Gasteiger charge is -2.03. The van der Waals surface area contributed by atoms with Crippen LogP contribution in [0.2, 0.25) is 10.2 Å². The molecule has 0 fully saturated rings. The maximum atomic E-state index is 10.9. The second-order valence-electron chi connectivity index (χ2n) is 3.24. The number of thioether (sulfide) groups is 1. The Morgan fingerprint density at radius 1 is 1.38 bits per heavy atom. The normalized spacial score (nSPS) is 11.7. The summed E-state index contributed by atoms with van der Waals surface area (Å²) >= 11 is 13.1. The predicted molar refractivity (Wildman–Crippen MR) is 70.1 cm³/mol. The Labute approximate surface area is 109 Å². The molecule has 7 heteroatoms. The number of pyridine rings is 1. The number of sulfone groups is 1. The van der Waals surface area contributed by atoms with Gasteiger partial charge in [-0.1, -0.05) is 23.2 Å². The topological polar surface area (TPSA) is 47.0 Å². The SMILES string of the molecule is CS(=O)(=O)CCSCc1nc(Cl)ccc1Cl. The van der Waals surface area contributed by atoms with Crippen LogP contribution in [0.15, 0.2) is 12.1 Å². The van der Waals surface area contributed by atoms with Crippen molar-refractivity contribution < 1.29 is 8.42 Å². The Kier molecular flexibility index (Phi) is 5.37. The summed E-state index contributed by atoms with van der Waals surface area (Å²) in [6, 6.07) is 3.30. The van der Waals surface area contributed by atoms with Crippen LogP contribution in [0.5, 0.6) is 0 Å². The summed E-state index contributed by atoms with van der Waals surface area (Å²) in [6.45, 7) is 0. The van der Waals surface area contributed by atoms with E-state index in [1.54, 1.807) is 12.1 Å². The predicted octanol–water partition coefficient (Wildman–Crippen LogP) is 2.67. The van der Waals surface area contributed by atoms with Gasteiger partial charge in [-0.2, -0.15) is 11.8 Å². The highest BCUT2D eigenvalue weighted by Gasteiger charge is 2.05. The zero-order valence-corrected chi connectivity index (χ0v) is 11.8. The van der Waals surface area contributed by atoms with Gasteiger partial charge in [0.1, 0.15) is 15.0 Å². The van der Waals surface area contributed by atoms with Crippen LogP contribution in [0.1, 0.15) is 5.69 Å². The van der Waals surface area contributed by atoms with E-state index in [0.29, 0.717) is 27.4 Å². The van der Waals surface area contributed by atoms with Crippen LogP contribution in [-0.4, -0.2) is 31.2 Å². The van der Waals surface area contributed by atoms with Crippen LogP contribution >= 0.6 is 35.0 Å². The molecule has 0 saturated heterocycles.